The normalized spacial score (nSPS) is 16.0. The zero-order valence-electron chi connectivity index (χ0n) is 12.0. The van der Waals surface area contributed by atoms with Gasteiger partial charge in [-0.2, -0.15) is 0 Å². The van der Waals surface area contributed by atoms with Gasteiger partial charge in [0.25, 0.3) is 0 Å². The van der Waals surface area contributed by atoms with Crippen LogP contribution < -0.4 is 5.32 Å². The van der Waals surface area contributed by atoms with E-state index in [-0.39, 0.29) is 5.91 Å². The fourth-order valence-corrected chi connectivity index (χ4v) is 2.46. The SMILES string of the molecule is Cc1ccc(NCC(=O)N2CCCCCC2)cc1C. The molecule has 0 unspecified atom stereocenters. The van der Waals surface area contributed by atoms with Crippen molar-refractivity contribution in [1.82, 2.24) is 4.90 Å². The number of carbonyl (C=O) groups excluding carboxylic acids is 1. The van der Waals surface area contributed by atoms with Crippen molar-refractivity contribution in [1.29, 1.82) is 0 Å². The Morgan fingerprint density at radius 3 is 2.42 bits per heavy atom. The molecule has 0 bridgehead atoms. The molecule has 1 amide bonds. The Balaban J connectivity index is 1.86. The number of amides is 1. The average molecular weight is 260 g/mol. The lowest BCUT2D eigenvalue weighted by molar-refractivity contribution is -0.129. The standard InChI is InChI=1S/C16H24N2O/c1-13-7-8-15(11-14(13)2)17-12-16(19)18-9-5-3-4-6-10-18/h7-8,11,17H,3-6,9-10,12H2,1-2H3. The highest BCUT2D eigenvalue weighted by molar-refractivity contribution is 5.80. The van der Waals surface area contributed by atoms with Crippen molar-refractivity contribution < 1.29 is 4.79 Å². The molecule has 3 heteroatoms. The first-order valence-electron chi connectivity index (χ1n) is 7.26. The average Bonchev–Trinajstić information content (AvgIpc) is 2.69. The van der Waals surface area contributed by atoms with Crippen LogP contribution in [-0.4, -0.2) is 30.4 Å². The van der Waals surface area contributed by atoms with Crippen molar-refractivity contribution in [3.63, 3.8) is 0 Å². The molecule has 0 saturated carbocycles. The van der Waals surface area contributed by atoms with E-state index in [4.69, 9.17) is 0 Å². The summed E-state index contributed by atoms with van der Waals surface area (Å²) in [6.45, 7) is 6.45. The first-order chi connectivity index (χ1) is 9.16. The highest BCUT2D eigenvalue weighted by Gasteiger charge is 2.14. The minimum absolute atomic E-state index is 0.222. The number of nitrogens with one attached hydrogen (secondary N) is 1. The highest BCUT2D eigenvalue weighted by atomic mass is 16.2. The highest BCUT2D eigenvalue weighted by Crippen LogP contribution is 2.14. The number of anilines is 1. The summed E-state index contributed by atoms with van der Waals surface area (Å²) in [7, 11) is 0. The van der Waals surface area contributed by atoms with Crippen LogP contribution in [0.1, 0.15) is 36.8 Å². The van der Waals surface area contributed by atoms with E-state index in [9.17, 15) is 4.79 Å². The van der Waals surface area contributed by atoms with Crippen molar-refractivity contribution >= 4 is 11.6 Å². The van der Waals surface area contributed by atoms with Gasteiger partial charge in [0.15, 0.2) is 0 Å². The summed E-state index contributed by atoms with van der Waals surface area (Å²) in [5, 5.41) is 3.24. The van der Waals surface area contributed by atoms with Gasteiger partial charge in [0, 0.05) is 18.8 Å². The van der Waals surface area contributed by atoms with Crippen molar-refractivity contribution in [2.24, 2.45) is 0 Å². The van der Waals surface area contributed by atoms with Crippen LogP contribution in [-0.2, 0) is 4.79 Å². The lowest BCUT2D eigenvalue weighted by Gasteiger charge is -2.20. The van der Waals surface area contributed by atoms with E-state index in [2.05, 4.69) is 31.3 Å². The second kappa shape index (κ2) is 6.60. The van der Waals surface area contributed by atoms with Crippen LogP contribution in [0.15, 0.2) is 18.2 Å². The van der Waals surface area contributed by atoms with E-state index in [1.165, 1.54) is 24.0 Å². The lowest BCUT2D eigenvalue weighted by atomic mass is 10.1. The molecule has 0 atom stereocenters. The van der Waals surface area contributed by atoms with Gasteiger partial charge in [-0.05, 0) is 49.9 Å². The lowest BCUT2D eigenvalue weighted by Crippen LogP contribution is -2.36. The first-order valence-corrected chi connectivity index (χ1v) is 7.26. The Morgan fingerprint density at radius 2 is 1.79 bits per heavy atom. The molecule has 0 radical (unpaired) electrons. The molecular weight excluding hydrogens is 236 g/mol. The van der Waals surface area contributed by atoms with E-state index < -0.39 is 0 Å². The zero-order chi connectivity index (χ0) is 13.7. The first kappa shape index (κ1) is 13.9. The van der Waals surface area contributed by atoms with Crippen molar-refractivity contribution in [3.05, 3.63) is 29.3 Å². The molecule has 104 valence electrons. The topological polar surface area (TPSA) is 32.3 Å². The Kier molecular flexibility index (Phi) is 4.83. The van der Waals surface area contributed by atoms with Crippen LogP contribution >= 0.6 is 0 Å². The molecule has 0 aliphatic carbocycles. The van der Waals surface area contributed by atoms with E-state index in [0.717, 1.165) is 31.6 Å². The molecule has 1 aromatic carbocycles. The number of nitrogens with zero attached hydrogens (tertiary/aromatic N) is 1. The second-order valence-corrected chi connectivity index (χ2v) is 5.45. The molecule has 1 aliphatic rings. The maximum atomic E-state index is 12.1. The predicted molar refractivity (Wildman–Crippen MR) is 79.5 cm³/mol. The second-order valence-electron chi connectivity index (χ2n) is 5.45. The minimum Gasteiger partial charge on any atom is -0.376 e. The third-order valence-corrected chi connectivity index (χ3v) is 3.91. The number of carbonyl (C=O) groups is 1. The molecule has 19 heavy (non-hydrogen) atoms. The van der Waals surface area contributed by atoms with Crippen LogP contribution in [0, 0.1) is 13.8 Å². The van der Waals surface area contributed by atoms with Gasteiger partial charge in [0.05, 0.1) is 6.54 Å². The summed E-state index contributed by atoms with van der Waals surface area (Å²) >= 11 is 0. The fraction of sp³-hybridized carbons (Fsp3) is 0.562. The maximum Gasteiger partial charge on any atom is 0.241 e. The Morgan fingerprint density at radius 1 is 1.11 bits per heavy atom. The summed E-state index contributed by atoms with van der Waals surface area (Å²) in [5.41, 5.74) is 3.57. The molecule has 0 spiro atoms. The van der Waals surface area contributed by atoms with Gasteiger partial charge in [-0.15, -0.1) is 0 Å². The van der Waals surface area contributed by atoms with Crippen LogP contribution in [0.2, 0.25) is 0 Å². The number of likely N-dealkylation sites (tertiary alicyclic amines) is 1. The fourth-order valence-electron chi connectivity index (χ4n) is 2.46. The number of aryl methyl sites for hydroxylation is 2. The number of hydrogen-bond acceptors (Lipinski definition) is 2. The molecule has 1 aromatic rings. The smallest absolute Gasteiger partial charge is 0.241 e. The van der Waals surface area contributed by atoms with E-state index in [1.54, 1.807) is 0 Å². The summed E-state index contributed by atoms with van der Waals surface area (Å²) in [6.07, 6.45) is 4.81. The van der Waals surface area contributed by atoms with Crippen LogP contribution in [0.5, 0.6) is 0 Å². The molecular formula is C16H24N2O. The number of benzene rings is 1. The van der Waals surface area contributed by atoms with Gasteiger partial charge in [-0.25, -0.2) is 0 Å². The summed E-state index contributed by atoms with van der Waals surface area (Å²) in [6, 6.07) is 6.23. The van der Waals surface area contributed by atoms with E-state index in [0.29, 0.717) is 6.54 Å². The number of hydrogen-bond donors (Lipinski definition) is 1. The molecule has 1 fully saturated rings. The quantitative estimate of drug-likeness (QED) is 0.905. The number of rotatable bonds is 3. The molecule has 3 nitrogen and oxygen atoms in total. The third kappa shape index (κ3) is 3.98. The molecule has 1 aliphatic heterocycles. The Labute approximate surface area is 116 Å². The molecule has 1 N–H and O–H groups in total. The maximum absolute atomic E-state index is 12.1. The van der Waals surface area contributed by atoms with Gasteiger partial charge in [0.2, 0.25) is 5.91 Å². The third-order valence-electron chi connectivity index (χ3n) is 3.91. The van der Waals surface area contributed by atoms with Crippen LogP contribution in [0.4, 0.5) is 5.69 Å². The molecule has 1 saturated heterocycles. The molecule has 1 heterocycles. The van der Waals surface area contributed by atoms with Gasteiger partial charge in [-0.1, -0.05) is 18.9 Å². The summed E-state index contributed by atoms with van der Waals surface area (Å²) in [5.74, 6) is 0.222. The largest absolute Gasteiger partial charge is 0.376 e. The van der Waals surface area contributed by atoms with Crippen LogP contribution in [0.3, 0.4) is 0 Å². The Bertz CT molecular complexity index is 434. The Hall–Kier alpha value is -1.51. The van der Waals surface area contributed by atoms with Crippen molar-refractivity contribution in [2.45, 2.75) is 39.5 Å². The molecule has 0 aromatic heterocycles. The summed E-state index contributed by atoms with van der Waals surface area (Å²) in [4.78, 5) is 14.1. The van der Waals surface area contributed by atoms with Crippen molar-refractivity contribution in [3.8, 4) is 0 Å². The van der Waals surface area contributed by atoms with E-state index in [1.807, 2.05) is 11.0 Å². The van der Waals surface area contributed by atoms with Crippen LogP contribution in [0.25, 0.3) is 0 Å². The van der Waals surface area contributed by atoms with Gasteiger partial charge < -0.3 is 10.2 Å². The van der Waals surface area contributed by atoms with E-state index >= 15 is 0 Å². The van der Waals surface area contributed by atoms with Gasteiger partial charge >= 0.3 is 0 Å². The zero-order valence-corrected chi connectivity index (χ0v) is 12.0. The minimum atomic E-state index is 0.222. The monoisotopic (exact) mass is 260 g/mol. The predicted octanol–water partition coefficient (Wildman–Crippen LogP) is 3.12. The van der Waals surface area contributed by atoms with Gasteiger partial charge in [-0.3, -0.25) is 4.79 Å². The van der Waals surface area contributed by atoms with Crippen molar-refractivity contribution in [2.75, 3.05) is 25.0 Å². The molecule has 2 rings (SSSR count). The summed E-state index contributed by atoms with van der Waals surface area (Å²) < 4.78 is 0. The van der Waals surface area contributed by atoms with Gasteiger partial charge in [0.1, 0.15) is 0 Å².